The third-order valence-corrected chi connectivity index (χ3v) is 3.34. The van der Waals surface area contributed by atoms with Crippen molar-refractivity contribution in [1.82, 2.24) is 19.8 Å². The number of hydrogen-bond acceptors (Lipinski definition) is 4. The van der Waals surface area contributed by atoms with E-state index in [-0.39, 0.29) is 5.56 Å². The normalized spacial score (nSPS) is 12.0. The molecule has 0 aliphatic rings. The summed E-state index contributed by atoms with van der Waals surface area (Å²) in [5.74, 6) is 0.442. The molecule has 108 valence electrons. The van der Waals surface area contributed by atoms with Gasteiger partial charge in [-0.3, -0.25) is 4.79 Å². The second-order valence-electron chi connectivity index (χ2n) is 5.60. The van der Waals surface area contributed by atoms with E-state index in [2.05, 4.69) is 15.2 Å². The van der Waals surface area contributed by atoms with Gasteiger partial charge in [-0.2, -0.15) is 5.10 Å². The maximum atomic E-state index is 12.0. The summed E-state index contributed by atoms with van der Waals surface area (Å²) < 4.78 is 1.34. The van der Waals surface area contributed by atoms with Crippen molar-refractivity contribution < 1.29 is 5.11 Å². The molecule has 2 aromatic heterocycles. The molecule has 0 aliphatic heterocycles. The van der Waals surface area contributed by atoms with Gasteiger partial charge in [0.15, 0.2) is 11.3 Å². The summed E-state index contributed by atoms with van der Waals surface area (Å²) in [6.45, 7) is 5.26. The Morgan fingerprint density at radius 1 is 1.19 bits per heavy atom. The highest BCUT2D eigenvalue weighted by Crippen LogP contribution is 2.22. The molecular formula is C15H16N4O2. The second kappa shape index (κ2) is 4.53. The van der Waals surface area contributed by atoms with Crippen molar-refractivity contribution in [3.8, 4) is 11.4 Å². The van der Waals surface area contributed by atoms with Crippen molar-refractivity contribution in [2.45, 2.75) is 26.4 Å². The number of H-pyrrole nitrogens is 1. The summed E-state index contributed by atoms with van der Waals surface area (Å²) in [7, 11) is 0. The minimum Gasteiger partial charge on any atom is -0.386 e. The molecule has 0 aliphatic carbocycles. The molecule has 0 radical (unpaired) electrons. The van der Waals surface area contributed by atoms with E-state index in [0.717, 1.165) is 16.8 Å². The van der Waals surface area contributed by atoms with Crippen LogP contribution in [0.4, 0.5) is 0 Å². The van der Waals surface area contributed by atoms with Crippen LogP contribution in [0.2, 0.25) is 0 Å². The standard InChI is InChI=1S/C15H16N4O2/c1-9-8-12-14(20)16-13(18-19(12)17-9)10-4-6-11(7-5-10)15(2,3)21/h4-8,21H,1-3H3,(H,16,18,20). The molecule has 0 unspecified atom stereocenters. The SMILES string of the molecule is Cc1cc2c(=O)[nH]c(-c3ccc(C(C)(C)O)cc3)nn2n1. The van der Waals surface area contributed by atoms with Gasteiger partial charge in [-0.25, -0.2) is 0 Å². The van der Waals surface area contributed by atoms with Crippen LogP contribution in [0.1, 0.15) is 25.1 Å². The van der Waals surface area contributed by atoms with Gasteiger partial charge in [0.2, 0.25) is 0 Å². The molecular weight excluding hydrogens is 268 g/mol. The number of hydrogen-bond donors (Lipinski definition) is 2. The average Bonchev–Trinajstić information content (AvgIpc) is 2.79. The molecule has 1 aromatic carbocycles. The summed E-state index contributed by atoms with van der Waals surface area (Å²) >= 11 is 0. The fraction of sp³-hybridized carbons (Fsp3) is 0.267. The first-order valence-corrected chi connectivity index (χ1v) is 6.65. The Bertz CT molecular complexity index is 854. The van der Waals surface area contributed by atoms with Crippen molar-refractivity contribution in [3.63, 3.8) is 0 Å². The summed E-state index contributed by atoms with van der Waals surface area (Å²) in [6, 6.07) is 8.94. The van der Waals surface area contributed by atoms with E-state index >= 15 is 0 Å². The van der Waals surface area contributed by atoms with Crippen LogP contribution >= 0.6 is 0 Å². The van der Waals surface area contributed by atoms with Crippen LogP contribution in [-0.2, 0) is 5.60 Å². The smallest absolute Gasteiger partial charge is 0.277 e. The molecule has 6 heteroatoms. The van der Waals surface area contributed by atoms with E-state index in [1.807, 2.05) is 31.2 Å². The summed E-state index contributed by atoms with van der Waals surface area (Å²) in [5.41, 5.74) is 1.58. The zero-order chi connectivity index (χ0) is 15.2. The zero-order valence-electron chi connectivity index (χ0n) is 12.1. The van der Waals surface area contributed by atoms with E-state index in [9.17, 15) is 9.90 Å². The lowest BCUT2D eigenvalue weighted by Gasteiger charge is -2.17. The molecule has 3 aromatic rings. The van der Waals surface area contributed by atoms with Crippen molar-refractivity contribution in [2.75, 3.05) is 0 Å². The van der Waals surface area contributed by atoms with E-state index in [1.165, 1.54) is 4.63 Å². The van der Waals surface area contributed by atoms with Crippen LogP contribution in [0, 0.1) is 6.92 Å². The molecule has 0 saturated heterocycles. The van der Waals surface area contributed by atoms with Gasteiger partial charge in [-0.05, 0) is 32.4 Å². The minimum atomic E-state index is -0.900. The van der Waals surface area contributed by atoms with Crippen LogP contribution in [0.15, 0.2) is 35.1 Å². The molecule has 3 rings (SSSR count). The van der Waals surface area contributed by atoms with E-state index < -0.39 is 5.60 Å². The Balaban J connectivity index is 2.10. The molecule has 0 spiro atoms. The number of benzene rings is 1. The lowest BCUT2D eigenvalue weighted by molar-refractivity contribution is 0.0786. The van der Waals surface area contributed by atoms with Gasteiger partial charge in [-0.1, -0.05) is 24.3 Å². The monoisotopic (exact) mass is 284 g/mol. The number of aliphatic hydroxyl groups is 1. The average molecular weight is 284 g/mol. The van der Waals surface area contributed by atoms with Crippen LogP contribution < -0.4 is 5.56 Å². The molecule has 6 nitrogen and oxygen atoms in total. The minimum absolute atomic E-state index is 0.229. The highest BCUT2D eigenvalue weighted by molar-refractivity contribution is 5.57. The molecule has 2 N–H and O–H groups in total. The lowest BCUT2D eigenvalue weighted by Crippen LogP contribution is -2.16. The van der Waals surface area contributed by atoms with Gasteiger partial charge in [0, 0.05) is 5.56 Å². The van der Waals surface area contributed by atoms with Crippen molar-refractivity contribution in [3.05, 3.63) is 51.9 Å². The van der Waals surface area contributed by atoms with Gasteiger partial charge in [0.1, 0.15) is 0 Å². The van der Waals surface area contributed by atoms with Gasteiger partial charge in [-0.15, -0.1) is 9.73 Å². The largest absolute Gasteiger partial charge is 0.386 e. The third kappa shape index (κ3) is 2.45. The number of fused-ring (bicyclic) bond motifs is 1. The first-order chi connectivity index (χ1) is 9.84. The van der Waals surface area contributed by atoms with E-state index in [1.54, 1.807) is 19.9 Å². The highest BCUT2D eigenvalue weighted by Gasteiger charge is 2.16. The van der Waals surface area contributed by atoms with Crippen LogP contribution in [0.5, 0.6) is 0 Å². The number of nitrogens with zero attached hydrogens (tertiary/aromatic N) is 3. The van der Waals surface area contributed by atoms with Crippen molar-refractivity contribution in [2.24, 2.45) is 0 Å². The summed E-state index contributed by atoms with van der Waals surface area (Å²) in [6.07, 6.45) is 0. The van der Waals surface area contributed by atoms with Crippen LogP contribution in [0.3, 0.4) is 0 Å². The fourth-order valence-corrected chi connectivity index (χ4v) is 2.18. The van der Waals surface area contributed by atoms with E-state index in [4.69, 9.17) is 0 Å². The van der Waals surface area contributed by atoms with Crippen LogP contribution in [0.25, 0.3) is 16.9 Å². The Hall–Kier alpha value is -2.47. The number of rotatable bonds is 2. The third-order valence-electron chi connectivity index (χ3n) is 3.34. The Labute approximate surface area is 121 Å². The molecule has 0 amide bonds. The van der Waals surface area contributed by atoms with Crippen molar-refractivity contribution >= 4 is 5.52 Å². The molecule has 21 heavy (non-hydrogen) atoms. The molecule has 0 bridgehead atoms. The van der Waals surface area contributed by atoms with Gasteiger partial charge in [0.25, 0.3) is 5.56 Å². The predicted octanol–water partition coefficient (Wildman–Crippen LogP) is 1.62. The Kier molecular flexibility index (Phi) is 2.91. The quantitative estimate of drug-likeness (QED) is 0.749. The van der Waals surface area contributed by atoms with Gasteiger partial charge < -0.3 is 10.1 Å². The highest BCUT2D eigenvalue weighted by atomic mass is 16.3. The fourth-order valence-electron chi connectivity index (χ4n) is 2.18. The first kappa shape index (κ1) is 13.5. The zero-order valence-corrected chi connectivity index (χ0v) is 12.1. The molecule has 0 fully saturated rings. The lowest BCUT2D eigenvalue weighted by atomic mass is 9.97. The molecule has 0 atom stereocenters. The van der Waals surface area contributed by atoms with Crippen molar-refractivity contribution in [1.29, 1.82) is 0 Å². The van der Waals surface area contributed by atoms with Crippen LogP contribution in [-0.4, -0.2) is 24.9 Å². The Morgan fingerprint density at radius 2 is 1.86 bits per heavy atom. The molecule has 0 saturated carbocycles. The van der Waals surface area contributed by atoms with Gasteiger partial charge in [0.05, 0.1) is 11.3 Å². The second-order valence-corrected chi connectivity index (χ2v) is 5.60. The number of aromatic amines is 1. The number of aryl methyl sites for hydroxylation is 1. The van der Waals surface area contributed by atoms with E-state index in [0.29, 0.717) is 11.3 Å². The first-order valence-electron chi connectivity index (χ1n) is 6.65. The number of nitrogens with one attached hydrogen (secondary N) is 1. The number of aromatic nitrogens is 4. The molecule has 2 heterocycles. The maximum Gasteiger partial charge on any atom is 0.277 e. The topological polar surface area (TPSA) is 83.3 Å². The summed E-state index contributed by atoms with van der Waals surface area (Å²) in [5, 5.41) is 18.4. The van der Waals surface area contributed by atoms with Gasteiger partial charge >= 0.3 is 0 Å². The predicted molar refractivity (Wildman–Crippen MR) is 79.0 cm³/mol. The maximum absolute atomic E-state index is 12.0. The Morgan fingerprint density at radius 3 is 2.48 bits per heavy atom. The summed E-state index contributed by atoms with van der Waals surface area (Å²) in [4.78, 5) is 14.8.